The number of morpholine rings is 1. The van der Waals surface area contributed by atoms with Crippen molar-refractivity contribution in [2.45, 2.75) is 19.1 Å². The van der Waals surface area contributed by atoms with Gasteiger partial charge in [0.1, 0.15) is 6.61 Å². The van der Waals surface area contributed by atoms with E-state index in [0.717, 1.165) is 24.6 Å². The second kappa shape index (κ2) is 9.30. The number of carbonyl (C=O) groups excluding carboxylic acids is 1. The first-order valence-corrected chi connectivity index (χ1v) is 9.82. The molecule has 0 radical (unpaired) electrons. The molecule has 2 atom stereocenters. The Hall–Kier alpha value is -1.24. The maximum absolute atomic E-state index is 12.2. The van der Waals surface area contributed by atoms with Crippen molar-refractivity contribution in [3.05, 3.63) is 35.9 Å². The van der Waals surface area contributed by atoms with E-state index in [-0.39, 0.29) is 12.2 Å². The number of hydrogen-bond donors (Lipinski definition) is 1. The maximum atomic E-state index is 12.2. The Morgan fingerprint density at radius 1 is 1.33 bits per heavy atom. The number of rotatable bonds is 6. The maximum Gasteiger partial charge on any atom is 0.410 e. The summed E-state index contributed by atoms with van der Waals surface area (Å²) >= 11 is 2.04. The van der Waals surface area contributed by atoms with E-state index in [4.69, 9.17) is 9.47 Å². The van der Waals surface area contributed by atoms with Crippen molar-refractivity contribution in [2.24, 2.45) is 5.92 Å². The Kier molecular flexibility index (Phi) is 6.81. The van der Waals surface area contributed by atoms with Crippen LogP contribution < -0.4 is 5.32 Å². The molecule has 2 fully saturated rings. The lowest BCUT2D eigenvalue weighted by Crippen LogP contribution is -2.49. The summed E-state index contributed by atoms with van der Waals surface area (Å²) in [5.41, 5.74) is 1.01. The van der Waals surface area contributed by atoms with Gasteiger partial charge in [0.25, 0.3) is 0 Å². The molecule has 1 aromatic carbocycles. The van der Waals surface area contributed by atoms with Crippen LogP contribution in [0.4, 0.5) is 4.79 Å². The number of nitrogens with one attached hydrogen (secondary N) is 1. The third kappa shape index (κ3) is 5.40. The van der Waals surface area contributed by atoms with Crippen molar-refractivity contribution in [1.82, 2.24) is 10.2 Å². The lowest BCUT2D eigenvalue weighted by molar-refractivity contribution is -0.0271. The Labute approximate surface area is 148 Å². The number of amides is 1. The van der Waals surface area contributed by atoms with Gasteiger partial charge < -0.3 is 19.7 Å². The molecule has 6 heteroatoms. The Bertz CT molecular complexity index is 508. The fourth-order valence-corrected chi connectivity index (χ4v) is 4.30. The standard InChI is InChI=1S/C18H26N2O3S/c21-18(23-13-15-4-2-1-3-5-15)20-7-8-22-17(12-20)11-19-10-16-6-9-24-14-16/h1-5,16-17,19H,6-14H2. The molecule has 1 aromatic rings. The summed E-state index contributed by atoms with van der Waals surface area (Å²) in [4.78, 5) is 14.0. The van der Waals surface area contributed by atoms with Crippen molar-refractivity contribution in [3.8, 4) is 0 Å². The number of nitrogens with zero attached hydrogens (tertiary/aromatic N) is 1. The largest absolute Gasteiger partial charge is 0.445 e. The van der Waals surface area contributed by atoms with Crippen LogP contribution in [0.3, 0.4) is 0 Å². The monoisotopic (exact) mass is 350 g/mol. The van der Waals surface area contributed by atoms with Crippen LogP contribution in [-0.4, -0.2) is 61.4 Å². The zero-order valence-electron chi connectivity index (χ0n) is 14.0. The van der Waals surface area contributed by atoms with Gasteiger partial charge in [0, 0.05) is 13.1 Å². The van der Waals surface area contributed by atoms with Gasteiger partial charge in [-0.3, -0.25) is 0 Å². The number of carbonyl (C=O) groups is 1. The van der Waals surface area contributed by atoms with E-state index < -0.39 is 0 Å². The summed E-state index contributed by atoms with van der Waals surface area (Å²) < 4.78 is 11.2. The summed E-state index contributed by atoms with van der Waals surface area (Å²) in [7, 11) is 0. The third-order valence-corrected chi connectivity index (χ3v) is 5.66. The molecule has 3 rings (SSSR count). The highest BCUT2D eigenvalue weighted by molar-refractivity contribution is 7.99. The molecule has 0 saturated carbocycles. The van der Waals surface area contributed by atoms with Gasteiger partial charge in [-0.15, -0.1) is 0 Å². The summed E-state index contributed by atoms with van der Waals surface area (Å²) in [6.07, 6.45) is 1.11. The molecular weight excluding hydrogens is 324 g/mol. The molecular formula is C18H26N2O3S. The third-order valence-electron chi connectivity index (χ3n) is 4.43. The number of hydrogen-bond acceptors (Lipinski definition) is 5. The van der Waals surface area contributed by atoms with Gasteiger partial charge >= 0.3 is 6.09 Å². The number of ether oxygens (including phenoxy) is 2. The molecule has 2 aliphatic rings. The predicted octanol–water partition coefficient (Wildman–Crippen LogP) is 2.37. The highest BCUT2D eigenvalue weighted by Crippen LogP contribution is 2.22. The van der Waals surface area contributed by atoms with Crippen LogP contribution in [0.15, 0.2) is 30.3 Å². The summed E-state index contributed by atoms with van der Waals surface area (Å²) in [6.45, 7) is 3.93. The van der Waals surface area contributed by atoms with Crippen molar-refractivity contribution < 1.29 is 14.3 Å². The topological polar surface area (TPSA) is 50.8 Å². The van der Waals surface area contributed by atoms with Gasteiger partial charge in [0.05, 0.1) is 19.3 Å². The zero-order chi connectivity index (χ0) is 16.6. The summed E-state index contributed by atoms with van der Waals surface area (Å²) in [5, 5.41) is 3.50. The fraction of sp³-hybridized carbons (Fsp3) is 0.611. The molecule has 2 aliphatic heterocycles. The Balaban J connectivity index is 1.37. The molecule has 132 valence electrons. The minimum Gasteiger partial charge on any atom is -0.445 e. The van der Waals surface area contributed by atoms with E-state index in [0.29, 0.717) is 26.3 Å². The second-order valence-corrected chi connectivity index (χ2v) is 7.52. The van der Waals surface area contributed by atoms with Gasteiger partial charge in [0.2, 0.25) is 0 Å². The van der Waals surface area contributed by atoms with E-state index in [2.05, 4.69) is 5.32 Å². The van der Waals surface area contributed by atoms with Crippen LogP contribution >= 0.6 is 11.8 Å². The molecule has 0 spiro atoms. The quantitative estimate of drug-likeness (QED) is 0.854. The second-order valence-electron chi connectivity index (χ2n) is 6.37. The van der Waals surface area contributed by atoms with Gasteiger partial charge in [0.15, 0.2) is 0 Å². The van der Waals surface area contributed by atoms with Gasteiger partial charge in [-0.1, -0.05) is 30.3 Å². The number of benzene rings is 1. The van der Waals surface area contributed by atoms with Crippen LogP contribution in [0.2, 0.25) is 0 Å². The van der Waals surface area contributed by atoms with E-state index in [9.17, 15) is 4.79 Å². The normalized spacial score (nSPS) is 24.1. The molecule has 24 heavy (non-hydrogen) atoms. The minimum atomic E-state index is -0.251. The zero-order valence-corrected chi connectivity index (χ0v) is 14.8. The molecule has 0 aliphatic carbocycles. The van der Waals surface area contributed by atoms with Crippen LogP contribution in [-0.2, 0) is 16.1 Å². The summed E-state index contributed by atoms with van der Waals surface area (Å²) in [5.74, 6) is 3.33. The van der Waals surface area contributed by atoms with Crippen molar-refractivity contribution in [1.29, 1.82) is 0 Å². The van der Waals surface area contributed by atoms with E-state index in [1.54, 1.807) is 4.90 Å². The highest BCUT2D eigenvalue weighted by atomic mass is 32.2. The van der Waals surface area contributed by atoms with Gasteiger partial charge in [-0.2, -0.15) is 11.8 Å². The molecule has 1 N–H and O–H groups in total. The average molecular weight is 350 g/mol. The van der Waals surface area contributed by atoms with E-state index >= 15 is 0 Å². The summed E-state index contributed by atoms with van der Waals surface area (Å²) in [6, 6.07) is 9.77. The van der Waals surface area contributed by atoms with Crippen LogP contribution in [0.25, 0.3) is 0 Å². The Morgan fingerprint density at radius 2 is 2.21 bits per heavy atom. The highest BCUT2D eigenvalue weighted by Gasteiger charge is 2.25. The van der Waals surface area contributed by atoms with E-state index in [1.807, 2.05) is 42.1 Å². The molecule has 2 unspecified atom stereocenters. The molecule has 0 bridgehead atoms. The minimum absolute atomic E-state index is 0.0529. The molecule has 2 heterocycles. The first kappa shape index (κ1) is 17.6. The average Bonchev–Trinajstić information content (AvgIpc) is 3.14. The van der Waals surface area contributed by atoms with Crippen LogP contribution in [0.5, 0.6) is 0 Å². The molecule has 5 nitrogen and oxygen atoms in total. The van der Waals surface area contributed by atoms with Gasteiger partial charge in [-0.25, -0.2) is 4.79 Å². The lowest BCUT2D eigenvalue weighted by atomic mass is 10.1. The lowest BCUT2D eigenvalue weighted by Gasteiger charge is -2.32. The molecule has 1 amide bonds. The first-order valence-electron chi connectivity index (χ1n) is 8.67. The SMILES string of the molecule is O=C(OCc1ccccc1)N1CCOC(CNCC2CCSC2)C1. The van der Waals surface area contributed by atoms with Crippen LogP contribution in [0, 0.1) is 5.92 Å². The molecule has 0 aromatic heterocycles. The Morgan fingerprint density at radius 3 is 3.00 bits per heavy atom. The smallest absolute Gasteiger partial charge is 0.410 e. The molecule has 2 saturated heterocycles. The van der Waals surface area contributed by atoms with Crippen LogP contribution in [0.1, 0.15) is 12.0 Å². The first-order chi connectivity index (χ1) is 11.8. The van der Waals surface area contributed by atoms with Gasteiger partial charge in [-0.05, 0) is 36.0 Å². The fourth-order valence-electron chi connectivity index (χ4n) is 3.01. The predicted molar refractivity (Wildman–Crippen MR) is 96.2 cm³/mol. The number of thioether (sulfide) groups is 1. The van der Waals surface area contributed by atoms with E-state index in [1.165, 1.54) is 17.9 Å². The van der Waals surface area contributed by atoms with Crippen molar-refractivity contribution in [3.63, 3.8) is 0 Å². The van der Waals surface area contributed by atoms with Crippen molar-refractivity contribution >= 4 is 17.9 Å². The van der Waals surface area contributed by atoms with Crippen molar-refractivity contribution in [2.75, 3.05) is 44.3 Å².